The van der Waals surface area contributed by atoms with Crippen LogP contribution in [0.4, 0.5) is 5.69 Å². The van der Waals surface area contributed by atoms with E-state index in [1.54, 1.807) is 0 Å². The summed E-state index contributed by atoms with van der Waals surface area (Å²) in [5, 5.41) is 9.34. The van der Waals surface area contributed by atoms with Gasteiger partial charge in [0.25, 0.3) is 10.0 Å². The number of hydrogen-bond donors (Lipinski definition) is 2. The van der Waals surface area contributed by atoms with Crippen molar-refractivity contribution in [3.8, 4) is 5.75 Å². The van der Waals surface area contributed by atoms with Crippen LogP contribution in [0.3, 0.4) is 0 Å². The molecule has 0 atom stereocenters. The Kier molecular flexibility index (Phi) is 5.74. The maximum atomic E-state index is 12.4. The SMILES string of the molecule is O=S(=O)(Nc1cc(Cl)c(Cl)c(Cl)c1Cl)c1cc(Cl)cc(Cl)c1O. The van der Waals surface area contributed by atoms with Gasteiger partial charge in [0.05, 0.1) is 30.8 Å². The molecule has 2 rings (SSSR count). The van der Waals surface area contributed by atoms with Crippen LogP contribution in [0, 0.1) is 0 Å². The predicted octanol–water partition coefficient (Wildman–Crippen LogP) is 6.11. The number of halogens is 6. The second-order valence-corrected chi connectivity index (χ2v) is 8.22. The first kappa shape index (κ1) is 19.1. The number of benzene rings is 2. The van der Waals surface area contributed by atoms with Crippen molar-refractivity contribution in [2.24, 2.45) is 0 Å². The second kappa shape index (κ2) is 6.92. The number of sulfonamides is 1. The van der Waals surface area contributed by atoms with Gasteiger partial charge in [0.1, 0.15) is 4.90 Å². The minimum absolute atomic E-state index is 0.00730. The highest BCUT2D eigenvalue weighted by Gasteiger charge is 2.24. The van der Waals surface area contributed by atoms with E-state index in [0.717, 1.165) is 6.07 Å². The van der Waals surface area contributed by atoms with Crippen molar-refractivity contribution in [3.05, 3.63) is 48.3 Å². The third kappa shape index (κ3) is 3.87. The highest BCUT2D eigenvalue weighted by atomic mass is 35.5. The monoisotopic (exact) mass is 453 g/mol. The molecule has 0 spiro atoms. The van der Waals surface area contributed by atoms with E-state index >= 15 is 0 Å². The number of rotatable bonds is 3. The zero-order valence-corrected chi connectivity index (χ0v) is 16.0. The molecule has 0 fully saturated rings. The Morgan fingerprint density at radius 1 is 0.826 bits per heavy atom. The molecule has 23 heavy (non-hydrogen) atoms. The Hall–Kier alpha value is -0.270. The summed E-state index contributed by atoms with van der Waals surface area (Å²) < 4.78 is 27.0. The summed E-state index contributed by atoms with van der Waals surface area (Å²) in [6, 6.07) is 3.40. The lowest BCUT2D eigenvalue weighted by atomic mass is 10.3. The molecule has 0 unspecified atom stereocenters. The van der Waals surface area contributed by atoms with E-state index in [9.17, 15) is 13.5 Å². The van der Waals surface area contributed by atoms with Crippen LogP contribution in [0.1, 0.15) is 0 Å². The average molecular weight is 456 g/mol. The molecule has 0 bridgehead atoms. The molecule has 0 heterocycles. The van der Waals surface area contributed by atoms with Gasteiger partial charge in [0.2, 0.25) is 0 Å². The quantitative estimate of drug-likeness (QED) is 0.433. The van der Waals surface area contributed by atoms with Crippen molar-refractivity contribution >= 4 is 85.3 Å². The first-order chi connectivity index (χ1) is 10.5. The zero-order valence-electron chi connectivity index (χ0n) is 10.7. The fourth-order valence-corrected chi connectivity index (χ4v) is 4.32. The van der Waals surface area contributed by atoms with E-state index in [1.165, 1.54) is 12.1 Å². The van der Waals surface area contributed by atoms with Crippen molar-refractivity contribution in [1.82, 2.24) is 0 Å². The van der Waals surface area contributed by atoms with Gasteiger partial charge >= 0.3 is 0 Å². The standard InChI is InChI=1S/C12H5Cl6NO3S/c13-4-1-6(15)12(20)8(2-4)23(21,22)19-7-3-5(14)9(16)11(18)10(7)17/h1-3,19-20H. The molecule has 0 aliphatic heterocycles. The fourth-order valence-electron chi connectivity index (χ4n) is 1.59. The largest absolute Gasteiger partial charge is 0.505 e. The lowest BCUT2D eigenvalue weighted by molar-refractivity contribution is 0.459. The number of phenolic OH excluding ortho intramolecular Hbond substituents is 1. The molecule has 0 amide bonds. The number of hydrogen-bond acceptors (Lipinski definition) is 3. The summed E-state index contributed by atoms with van der Waals surface area (Å²) in [4.78, 5) is -0.534. The molecule has 2 N–H and O–H groups in total. The minimum Gasteiger partial charge on any atom is -0.505 e. The molecule has 0 saturated heterocycles. The van der Waals surface area contributed by atoms with Gasteiger partial charge < -0.3 is 5.11 Å². The van der Waals surface area contributed by atoms with Crippen LogP contribution in [0.2, 0.25) is 30.1 Å². The fraction of sp³-hybridized carbons (Fsp3) is 0. The summed E-state index contributed by atoms with van der Waals surface area (Å²) in [7, 11) is -4.27. The van der Waals surface area contributed by atoms with Gasteiger partial charge in [0, 0.05) is 5.02 Å². The van der Waals surface area contributed by atoms with Crippen LogP contribution in [0.15, 0.2) is 23.1 Å². The molecular weight excluding hydrogens is 451 g/mol. The Bertz CT molecular complexity index is 900. The summed E-state index contributed by atoms with van der Waals surface area (Å²) >= 11 is 35.0. The third-order valence-electron chi connectivity index (χ3n) is 2.63. The topological polar surface area (TPSA) is 66.4 Å². The van der Waals surface area contributed by atoms with Gasteiger partial charge in [-0.05, 0) is 18.2 Å². The van der Waals surface area contributed by atoms with Crippen LogP contribution in [0.5, 0.6) is 5.75 Å². The molecule has 0 aromatic heterocycles. The van der Waals surface area contributed by atoms with Gasteiger partial charge in [0.15, 0.2) is 5.75 Å². The summed E-state index contributed by atoms with van der Waals surface area (Å²) in [5.41, 5.74) is -0.124. The molecule has 0 aliphatic carbocycles. The number of phenols is 1. The average Bonchev–Trinajstić information content (AvgIpc) is 2.46. The second-order valence-electron chi connectivity index (χ2n) is 4.19. The minimum atomic E-state index is -4.27. The Morgan fingerprint density at radius 3 is 2.04 bits per heavy atom. The van der Waals surface area contributed by atoms with E-state index in [2.05, 4.69) is 4.72 Å². The summed E-state index contributed by atoms with van der Waals surface area (Å²) in [6.45, 7) is 0. The van der Waals surface area contributed by atoms with Gasteiger partial charge in [-0.25, -0.2) is 8.42 Å². The molecule has 124 valence electrons. The smallest absolute Gasteiger partial charge is 0.265 e. The van der Waals surface area contributed by atoms with E-state index in [1.807, 2.05) is 0 Å². The van der Waals surface area contributed by atoms with Gasteiger partial charge in [-0.15, -0.1) is 0 Å². The van der Waals surface area contributed by atoms with Crippen LogP contribution >= 0.6 is 69.6 Å². The van der Waals surface area contributed by atoms with E-state index in [0.29, 0.717) is 0 Å². The Morgan fingerprint density at radius 2 is 1.43 bits per heavy atom. The van der Waals surface area contributed by atoms with Crippen LogP contribution < -0.4 is 4.72 Å². The third-order valence-corrected chi connectivity index (χ3v) is 6.27. The zero-order chi connectivity index (χ0) is 17.5. The molecular formula is C12H5Cl6NO3S. The number of aromatic hydroxyl groups is 1. The highest BCUT2D eigenvalue weighted by molar-refractivity contribution is 7.92. The first-order valence-electron chi connectivity index (χ1n) is 5.58. The first-order valence-corrected chi connectivity index (χ1v) is 9.33. The predicted molar refractivity (Wildman–Crippen MR) is 95.4 cm³/mol. The van der Waals surface area contributed by atoms with Gasteiger partial charge in [-0.2, -0.15) is 0 Å². The van der Waals surface area contributed by atoms with E-state index in [4.69, 9.17) is 69.6 Å². The van der Waals surface area contributed by atoms with Crippen LogP contribution in [-0.4, -0.2) is 13.5 Å². The maximum Gasteiger partial charge on any atom is 0.265 e. The molecule has 0 saturated carbocycles. The summed E-state index contributed by atoms with van der Waals surface area (Å²) in [5.74, 6) is -0.661. The van der Waals surface area contributed by atoms with Gasteiger partial charge in [-0.3, -0.25) is 4.72 Å². The lowest BCUT2D eigenvalue weighted by Crippen LogP contribution is -2.14. The van der Waals surface area contributed by atoms with Crippen molar-refractivity contribution in [2.75, 3.05) is 4.72 Å². The lowest BCUT2D eigenvalue weighted by Gasteiger charge is -2.13. The van der Waals surface area contributed by atoms with Crippen molar-refractivity contribution in [3.63, 3.8) is 0 Å². The Balaban J connectivity index is 2.56. The number of nitrogens with one attached hydrogen (secondary N) is 1. The van der Waals surface area contributed by atoms with Crippen molar-refractivity contribution < 1.29 is 13.5 Å². The highest BCUT2D eigenvalue weighted by Crippen LogP contribution is 2.42. The van der Waals surface area contributed by atoms with E-state index in [-0.39, 0.29) is 35.8 Å². The molecule has 11 heteroatoms. The molecule has 0 aliphatic rings. The van der Waals surface area contributed by atoms with Crippen molar-refractivity contribution in [2.45, 2.75) is 4.90 Å². The normalized spacial score (nSPS) is 11.6. The van der Waals surface area contributed by atoms with Crippen LogP contribution in [0.25, 0.3) is 0 Å². The molecule has 2 aromatic rings. The number of anilines is 1. The van der Waals surface area contributed by atoms with Crippen molar-refractivity contribution in [1.29, 1.82) is 0 Å². The van der Waals surface area contributed by atoms with Gasteiger partial charge in [-0.1, -0.05) is 69.6 Å². The van der Waals surface area contributed by atoms with Crippen LogP contribution in [-0.2, 0) is 10.0 Å². The summed E-state index contributed by atoms with van der Waals surface area (Å²) in [6.07, 6.45) is 0. The maximum absolute atomic E-state index is 12.4. The molecule has 2 aromatic carbocycles. The Labute approximate surface area is 161 Å². The molecule has 0 radical (unpaired) electrons. The molecule has 4 nitrogen and oxygen atoms in total. The van der Waals surface area contributed by atoms with E-state index < -0.39 is 20.7 Å².